The number of nitrogens with one attached hydrogen (secondary N) is 1. The van der Waals surface area contributed by atoms with Crippen molar-refractivity contribution in [3.05, 3.63) is 47.3 Å². The van der Waals surface area contributed by atoms with Crippen LogP contribution >= 0.6 is 0 Å². The Labute approximate surface area is 137 Å². The molecule has 0 bridgehead atoms. The Morgan fingerprint density at radius 2 is 2.00 bits per heavy atom. The van der Waals surface area contributed by atoms with Gasteiger partial charge in [-0.25, -0.2) is 0 Å². The number of carbonyl (C=O) groups is 1. The lowest BCUT2D eigenvalue weighted by Crippen LogP contribution is -2.40. The van der Waals surface area contributed by atoms with E-state index >= 15 is 0 Å². The molecule has 1 amide bonds. The Bertz CT molecular complexity index is 568. The van der Waals surface area contributed by atoms with Gasteiger partial charge in [0.15, 0.2) is 0 Å². The quantitative estimate of drug-likeness (QED) is 0.782. The van der Waals surface area contributed by atoms with Crippen molar-refractivity contribution in [3.8, 4) is 0 Å². The van der Waals surface area contributed by atoms with E-state index in [0.29, 0.717) is 18.5 Å². The van der Waals surface area contributed by atoms with E-state index in [-0.39, 0.29) is 12.5 Å². The molecule has 5 nitrogen and oxygen atoms in total. The highest BCUT2D eigenvalue weighted by Gasteiger charge is 2.24. The largest absolute Gasteiger partial charge is 0.396 e. The summed E-state index contributed by atoms with van der Waals surface area (Å²) in [5.41, 5.74) is 1.90. The number of aliphatic hydroxyl groups excluding tert-OH is 1. The van der Waals surface area contributed by atoms with E-state index in [0.717, 1.165) is 26.1 Å². The zero-order valence-electron chi connectivity index (χ0n) is 13.5. The average Bonchev–Trinajstić information content (AvgIpc) is 3.05. The van der Waals surface area contributed by atoms with E-state index in [1.807, 2.05) is 24.3 Å². The molecule has 0 spiro atoms. The van der Waals surface area contributed by atoms with Gasteiger partial charge in [0.25, 0.3) is 5.91 Å². The normalized spacial score (nSPS) is 17.0. The van der Waals surface area contributed by atoms with Gasteiger partial charge in [-0.15, -0.1) is 0 Å². The predicted octanol–water partition coefficient (Wildman–Crippen LogP) is 1.55. The van der Waals surface area contributed by atoms with Gasteiger partial charge in [-0.2, -0.15) is 0 Å². The molecule has 0 aromatic heterocycles. The van der Waals surface area contributed by atoms with Crippen molar-refractivity contribution in [2.45, 2.75) is 25.8 Å². The molecule has 0 saturated carbocycles. The molecular weight excluding hydrogens is 290 g/mol. The Morgan fingerprint density at radius 3 is 2.78 bits per heavy atom. The molecule has 2 heterocycles. The molecule has 0 unspecified atom stereocenters. The number of nitrogens with zero attached hydrogens (tertiary/aromatic N) is 2. The van der Waals surface area contributed by atoms with Crippen LogP contribution in [-0.4, -0.2) is 53.6 Å². The number of benzene rings is 1. The van der Waals surface area contributed by atoms with Crippen molar-refractivity contribution in [3.63, 3.8) is 0 Å². The zero-order valence-corrected chi connectivity index (χ0v) is 13.5. The van der Waals surface area contributed by atoms with E-state index in [1.165, 1.54) is 24.4 Å². The zero-order chi connectivity index (χ0) is 16.1. The number of amides is 1. The van der Waals surface area contributed by atoms with E-state index in [9.17, 15) is 4.79 Å². The topological polar surface area (TPSA) is 55.8 Å². The maximum absolute atomic E-state index is 12.0. The average molecular weight is 315 g/mol. The first-order valence-corrected chi connectivity index (χ1v) is 8.46. The molecule has 1 saturated heterocycles. The highest BCUT2D eigenvalue weighted by atomic mass is 16.3. The monoisotopic (exact) mass is 315 g/mol. The Hall–Kier alpha value is -2.01. The van der Waals surface area contributed by atoms with E-state index < -0.39 is 0 Å². The van der Waals surface area contributed by atoms with Crippen LogP contribution in [0.4, 0.5) is 0 Å². The van der Waals surface area contributed by atoms with Crippen molar-refractivity contribution in [1.82, 2.24) is 15.1 Å². The van der Waals surface area contributed by atoms with Crippen molar-refractivity contribution < 1.29 is 9.90 Å². The molecule has 0 radical (unpaired) electrons. The molecular formula is C18H25N3O2. The minimum Gasteiger partial charge on any atom is -0.396 e. The number of rotatable bonds is 6. The van der Waals surface area contributed by atoms with Gasteiger partial charge < -0.3 is 20.2 Å². The fourth-order valence-corrected chi connectivity index (χ4v) is 3.24. The van der Waals surface area contributed by atoms with Gasteiger partial charge in [0, 0.05) is 44.9 Å². The summed E-state index contributed by atoms with van der Waals surface area (Å²) >= 11 is 0. The molecule has 1 aromatic carbocycles. The Morgan fingerprint density at radius 1 is 1.17 bits per heavy atom. The Balaban J connectivity index is 1.58. The van der Waals surface area contributed by atoms with Gasteiger partial charge in [-0.05, 0) is 43.0 Å². The van der Waals surface area contributed by atoms with Crippen molar-refractivity contribution >= 4 is 5.91 Å². The summed E-state index contributed by atoms with van der Waals surface area (Å²) in [6.07, 6.45) is 5.29. The lowest BCUT2D eigenvalue weighted by atomic mass is 10.1. The van der Waals surface area contributed by atoms with Crippen LogP contribution in [0.15, 0.2) is 36.2 Å². The smallest absolute Gasteiger partial charge is 0.251 e. The maximum atomic E-state index is 12.0. The van der Waals surface area contributed by atoms with Crippen molar-refractivity contribution in [2.75, 3.05) is 32.8 Å². The van der Waals surface area contributed by atoms with Gasteiger partial charge in [-0.3, -0.25) is 4.79 Å². The SMILES string of the molecule is O=C(NCCCO)c1ccc(CN2CCCN3CCC=C32)cc1. The second-order valence-electron chi connectivity index (χ2n) is 6.14. The fraction of sp³-hybridized carbons (Fsp3) is 0.500. The minimum atomic E-state index is -0.0763. The Kier molecular flexibility index (Phi) is 5.18. The van der Waals surface area contributed by atoms with Crippen LogP contribution in [0.5, 0.6) is 0 Å². The minimum absolute atomic E-state index is 0.0763. The van der Waals surface area contributed by atoms with Crippen LogP contribution in [0.2, 0.25) is 0 Å². The van der Waals surface area contributed by atoms with E-state index in [1.54, 1.807) is 0 Å². The van der Waals surface area contributed by atoms with Gasteiger partial charge in [0.2, 0.25) is 0 Å². The molecule has 124 valence electrons. The number of hydrogen-bond donors (Lipinski definition) is 2. The first kappa shape index (κ1) is 15.9. The molecule has 1 fully saturated rings. The molecule has 3 rings (SSSR count). The first-order chi connectivity index (χ1) is 11.3. The first-order valence-electron chi connectivity index (χ1n) is 8.46. The van der Waals surface area contributed by atoms with Crippen molar-refractivity contribution in [2.24, 2.45) is 0 Å². The number of aliphatic hydroxyl groups is 1. The van der Waals surface area contributed by atoms with Crippen LogP contribution < -0.4 is 5.32 Å². The maximum Gasteiger partial charge on any atom is 0.251 e. The molecule has 1 aromatic rings. The predicted molar refractivity (Wildman–Crippen MR) is 89.8 cm³/mol. The van der Waals surface area contributed by atoms with E-state index in [2.05, 4.69) is 21.2 Å². The van der Waals surface area contributed by atoms with Gasteiger partial charge >= 0.3 is 0 Å². The molecule has 0 aliphatic carbocycles. The molecule has 23 heavy (non-hydrogen) atoms. The van der Waals surface area contributed by atoms with Crippen LogP contribution in [0.25, 0.3) is 0 Å². The lowest BCUT2D eigenvalue weighted by molar-refractivity contribution is 0.0951. The van der Waals surface area contributed by atoms with Crippen LogP contribution in [-0.2, 0) is 6.54 Å². The third-order valence-electron chi connectivity index (χ3n) is 4.44. The third-order valence-corrected chi connectivity index (χ3v) is 4.44. The number of hydrogen-bond acceptors (Lipinski definition) is 4. The summed E-state index contributed by atoms with van der Waals surface area (Å²) in [6.45, 7) is 4.94. The van der Waals surface area contributed by atoms with Crippen LogP contribution in [0.1, 0.15) is 35.2 Å². The standard InChI is InChI=1S/C18H25N3O2/c22-13-2-9-19-18(23)16-7-5-15(6-8-16)14-21-12-3-11-20-10-1-4-17(20)21/h4-8,22H,1-3,9-14H2,(H,19,23). The fourth-order valence-electron chi connectivity index (χ4n) is 3.24. The summed E-state index contributed by atoms with van der Waals surface area (Å²) in [7, 11) is 0. The summed E-state index contributed by atoms with van der Waals surface area (Å²) in [5, 5.41) is 11.5. The molecule has 5 heteroatoms. The molecule has 0 atom stereocenters. The lowest BCUT2D eigenvalue weighted by Gasteiger charge is -2.38. The van der Waals surface area contributed by atoms with E-state index in [4.69, 9.17) is 5.11 Å². The second-order valence-corrected chi connectivity index (χ2v) is 6.14. The summed E-state index contributed by atoms with van der Waals surface area (Å²) in [6, 6.07) is 7.84. The summed E-state index contributed by atoms with van der Waals surface area (Å²) < 4.78 is 0. The third kappa shape index (κ3) is 3.85. The number of fused-ring (bicyclic) bond motifs is 1. The summed E-state index contributed by atoms with van der Waals surface area (Å²) in [4.78, 5) is 16.9. The second kappa shape index (κ2) is 7.51. The van der Waals surface area contributed by atoms with Gasteiger partial charge in [-0.1, -0.05) is 12.1 Å². The highest BCUT2D eigenvalue weighted by molar-refractivity contribution is 5.94. The highest BCUT2D eigenvalue weighted by Crippen LogP contribution is 2.25. The van der Waals surface area contributed by atoms with Crippen molar-refractivity contribution in [1.29, 1.82) is 0 Å². The number of carbonyl (C=O) groups excluding carboxylic acids is 1. The summed E-state index contributed by atoms with van der Waals surface area (Å²) in [5.74, 6) is 1.30. The molecule has 2 aliphatic rings. The molecule has 2 aliphatic heterocycles. The van der Waals surface area contributed by atoms with Gasteiger partial charge in [0.05, 0.1) is 0 Å². The van der Waals surface area contributed by atoms with Crippen LogP contribution in [0.3, 0.4) is 0 Å². The van der Waals surface area contributed by atoms with Crippen LogP contribution in [0, 0.1) is 0 Å². The molecule has 2 N–H and O–H groups in total. The van der Waals surface area contributed by atoms with Gasteiger partial charge in [0.1, 0.15) is 5.82 Å².